The molecule has 1 aromatic carbocycles. The van der Waals surface area contributed by atoms with Gasteiger partial charge < -0.3 is 14.7 Å². The molecule has 7 heteroatoms. The maximum absolute atomic E-state index is 12.9. The molecule has 0 bridgehead atoms. The summed E-state index contributed by atoms with van der Waals surface area (Å²) >= 11 is 6.22. The van der Waals surface area contributed by atoms with Gasteiger partial charge >= 0.3 is 5.97 Å². The Hall–Kier alpha value is -2.44. The van der Waals surface area contributed by atoms with Crippen molar-refractivity contribution in [1.29, 1.82) is 0 Å². The first-order chi connectivity index (χ1) is 12.0. The Morgan fingerprint density at radius 1 is 1.28 bits per heavy atom. The number of benzene rings is 1. The molecule has 1 aliphatic heterocycles. The fraction of sp³-hybridized carbons (Fsp3) is 0.278. The highest BCUT2D eigenvalue weighted by molar-refractivity contribution is 6.34. The predicted octanol–water partition coefficient (Wildman–Crippen LogP) is 2.72. The number of amides is 1. The van der Waals surface area contributed by atoms with E-state index < -0.39 is 12.1 Å². The van der Waals surface area contributed by atoms with Gasteiger partial charge in [0.15, 0.2) is 6.10 Å². The van der Waals surface area contributed by atoms with Crippen molar-refractivity contribution in [2.24, 2.45) is 0 Å². The van der Waals surface area contributed by atoms with E-state index in [0.29, 0.717) is 17.1 Å². The Morgan fingerprint density at radius 3 is 2.76 bits per heavy atom. The zero-order valence-corrected chi connectivity index (χ0v) is 14.3. The summed E-state index contributed by atoms with van der Waals surface area (Å²) in [7, 11) is 0. The van der Waals surface area contributed by atoms with Crippen LogP contribution in [-0.4, -0.2) is 52.2 Å². The highest BCUT2D eigenvalue weighted by atomic mass is 35.5. The van der Waals surface area contributed by atoms with Crippen LogP contribution in [0, 0.1) is 0 Å². The van der Waals surface area contributed by atoms with Gasteiger partial charge in [-0.05, 0) is 31.2 Å². The maximum Gasteiger partial charge on any atom is 0.334 e. The third-order valence-corrected chi connectivity index (χ3v) is 4.31. The number of carbonyl (C=O) groups excluding carboxylic acids is 1. The Morgan fingerprint density at radius 2 is 2.08 bits per heavy atom. The van der Waals surface area contributed by atoms with E-state index in [4.69, 9.17) is 16.3 Å². The first-order valence-corrected chi connectivity index (χ1v) is 8.22. The van der Waals surface area contributed by atoms with Gasteiger partial charge in [0.05, 0.1) is 28.9 Å². The normalized spacial score (nSPS) is 20.3. The second-order valence-electron chi connectivity index (χ2n) is 5.89. The molecule has 2 atom stereocenters. The molecular formula is C18H17ClN2O4. The molecule has 1 amide bonds. The molecule has 1 saturated heterocycles. The van der Waals surface area contributed by atoms with Gasteiger partial charge in [-0.3, -0.25) is 9.78 Å². The zero-order valence-electron chi connectivity index (χ0n) is 13.6. The number of carboxylic acid groups (broad SMARTS) is 1. The molecule has 1 aliphatic rings. The molecule has 1 N–H and O–H groups in total. The molecule has 1 fully saturated rings. The molecule has 130 valence electrons. The van der Waals surface area contributed by atoms with Gasteiger partial charge in [-0.2, -0.15) is 0 Å². The van der Waals surface area contributed by atoms with Crippen molar-refractivity contribution < 1.29 is 19.4 Å². The van der Waals surface area contributed by atoms with Crippen LogP contribution in [0.15, 0.2) is 42.6 Å². The van der Waals surface area contributed by atoms with Crippen molar-refractivity contribution in [3.05, 3.63) is 53.2 Å². The van der Waals surface area contributed by atoms with Crippen molar-refractivity contribution in [2.75, 3.05) is 13.1 Å². The van der Waals surface area contributed by atoms with Crippen LogP contribution < -0.4 is 0 Å². The fourth-order valence-electron chi connectivity index (χ4n) is 2.81. The fourth-order valence-corrected chi connectivity index (χ4v) is 3.00. The third kappa shape index (κ3) is 3.81. The summed E-state index contributed by atoms with van der Waals surface area (Å²) in [6, 6.07) is 10.6. The number of pyridine rings is 1. The Balaban J connectivity index is 1.90. The lowest BCUT2D eigenvalue weighted by molar-refractivity contribution is -0.160. The Kier molecular flexibility index (Phi) is 5.01. The molecule has 3 rings (SSSR count). The average Bonchev–Trinajstić information content (AvgIpc) is 2.61. The number of nitrogens with zero attached hydrogens (tertiary/aromatic N) is 2. The van der Waals surface area contributed by atoms with Crippen molar-refractivity contribution in [2.45, 2.75) is 19.1 Å². The van der Waals surface area contributed by atoms with Crippen LogP contribution in [0.1, 0.15) is 17.3 Å². The highest BCUT2D eigenvalue weighted by Gasteiger charge is 2.33. The van der Waals surface area contributed by atoms with E-state index in [-0.39, 0.29) is 18.6 Å². The summed E-state index contributed by atoms with van der Waals surface area (Å²) in [6.45, 7) is 2.04. The van der Waals surface area contributed by atoms with E-state index in [1.54, 1.807) is 31.3 Å². The van der Waals surface area contributed by atoms with Crippen molar-refractivity contribution in [3.8, 4) is 11.3 Å². The molecule has 1 aromatic heterocycles. The number of morpholine rings is 1. The lowest BCUT2D eigenvalue weighted by Gasteiger charge is -2.35. The quantitative estimate of drug-likeness (QED) is 0.910. The number of rotatable bonds is 3. The minimum absolute atomic E-state index is 0.0113. The monoisotopic (exact) mass is 360 g/mol. The summed E-state index contributed by atoms with van der Waals surface area (Å²) < 4.78 is 5.35. The van der Waals surface area contributed by atoms with Gasteiger partial charge in [0.25, 0.3) is 5.91 Å². The molecule has 2 aromatic rings. The second kappa shape index (κ2) is 7.21. The van der Waals surface area contributed by atoms with Gasteiger partial charge in [-0.1, -0.05) is 23.7 Å². The average molecular weight is 361 g/mol. The van der Waals surface area contributed by atoms with E-state index in [0.717, 1.165) is 11.3 Å². The van der Waals surface area contributed by atoms with Gasteiger partial charge in [0.2, 0.25) is 0 Å². The van der Waals surface area contributed by atoms with E-state index in [9.17, 15) is 14.7 Å². The lowest BCUT2D eigenvalue weighted by atomic mass is 10.1. The number of aromatic nitrogens is 1. The summed E-state index contributed by atoms with van der Waals surface area (Å²) in [6.07, 6.45) is 0.272. The van der Waals surface area contributed by atoms with E-state index in [1.807, 2.05) is 18.2 Å². The standard InChI is InChI=1S/C18H17ClN2O4/c1-11-9-21(10-16(25-11)18(23)24)17(22)13-8-12(5-6-14(13)19)15-4-2-3-7-20-15/h2-8,11,16H,9-10H2,1H3,(H,23,24)/t11-,16?/m1/s1. The summed E-state index contributed by atoms with van der Waals surface area (Å²) in [5, 5.41) is 9.49. The number of hydrogen-bond donors (Lipinski definition) is 1. The largest absolute Gasteiger partial charge is 0.479 e. The minimum atomic E-state index is -1.09. The topological polar surface area (TPSA) is 79.7 Å². The van der Waals surface area contributed by atoms with Crippen LogP contribution in [0.3, 0.4) is 0 Å². The number of carboxylic acids is 1. The Labute approximate surface area is 150 Å². The maximum atomic E-state index is 12.9. The molecule has 0 saturated carbocycles. The second-order valence-corrected chi connectivity index (χ2v) is 6.30. The molecule has 1 unspecified atom stereocenters. The molecule has 6 nitrogen and oxygen atoms in total. The Bertz CT molecular complexity index is 797. The van der Waals surface area contributed by atoms with Crippen molar-refractivity contribution >= 4 is 23.5 Å². The molecular weight excluding hydrogens is 344 g/mol. The van der Waals surface area contributed by atoms with Crippen LogP contribution in [0.5, 0.6) is 0 Å². The molecule has 25 heavy (non-hydrogen) atoms. The summed E-state index contributed by atoms with van der Waals surface area (Å²) in [4.78, 5) is 29.8. The van der Waals surface area contributed by atoms with Crippen LogP contribution in [-0.2, 0) is 9.53 Å². The number of aliphatic carboxylic acids is 1. The smallest absolute Gasteiger partial charge is 0.334 e. The van der Waals surface area contributed by atoms with Gasteiger partial charge in [-0.25, -0.2) is 4.79 Å². The summed E-state index contributed by atoms with van der Waals surface area (Å²) in [5.41, 5.74) is 1.82. The minimum Gasteiger partial charge on any atom is -0.479 e. The number of ether oxygens (including phenoxy) is 1. The van der Waals surface area contributed by atoms with Crippen LogP contribution in [0.2, 0.25) is 5.02 Å². The van der Waals surface area contributed by atoms with E-state index >= 15 is 0 Å². The van der Waals surface area contributed by atoms with Crippen LogP contribution >= 0.6 is 11.6 Å². The first kappa shape index (κ1) is 17.4. The lowest BCUT2D eigenvalue weighted by Crippen LogP contribution is -2.51. The zero-order chi connectivity index (χ0) is 18.0. The first-order valence-electron chi connectivity index (χ1n) is 7.84. The summed E-state index contributed by atoms with van der Waals surface area (Å²) in [5.74, 6) is -1.40. The van der Waals surface area contributed by atoms with Gasteiger partial charge in [0, 0.05) is 18.3 Å². The van der Waals surface area contributed by atoms with E-state index in [1.165, 1.54) is 4.90 Å². The van der Waals surface area contributed by atoms with Crippen molar-refractivity contribution in [3.63, 3.8) is 0 Å². The highest BCUT2D eigenvalue weighted by Crippen LogP contribution is 2.26. The molecule has 0 spiro atoms. The van der Waals surface area contributed by atoms with Gasteiger partial charge in [-0.15, -0.1) is 0 Å². The number of carbonyl (C=O) groups is 2. The van der Waals surface area contributed by atoms with Crippen molar-refractivity contribution in [1.82, 2.24) is 9.88 Å². The third-order valence-electron chi connectivity index (χ3n) is 3.98. The molecule has 2 heterocycles. The van der Waals surface area contributed by atoms with E-state index in [2.05, 4.69) is 4.98 Å². The molecule has 0 aliphatic carbocycles. The van der Waals surface area contributed by atoms with Crippen LogP contribution in [0.25, 0.3) is 11.3 Å². The molecule has 0 radical (unpaired) electrons. The SMILES string of the molecule is C[C@@H]1CN(C(=O)c2cc(-c3ccccn3)ccc2Cl)CC(C(=O)O)O1. The van der Waals surface area contributed by atoms with Crippen LogP contribution in [0.4, 0.5) is 0 Å². The predicted molar refractivity (Wildman–Crippen MR) is 92.6 cm³/mol. The number of halogens is 1. The number of hydrogen-bond acceptors (Lipinski definition) is 4. The van der Waals surface area contributed by atoms with Gasteiger partial charge in [0.1, 0.15) is 0 Å².